The number of nitrogens with zero attached hydrogens (tertiary/aromatic N) is 1. The molecule has 2 atom stereocenters. The SMILES string of the molecule is CCNC1CCN(Cc2ccc(F)cc2C)CC1C. The quantitative estimate of drug-likeness (QED) is 0.899. The van der Waals surface area contributed by atoms with Gasteiger partial charge in [-0.3, -0.25) is 4.90 Å². The first-order chi connectivity index (χ1) is 9.10. The number of hydrogen-bond acceptors (Lipinski definition) is 2. The molecule has 0 amide bonds. The molecule has 1 saturated heterocycles. The summed E-state index contributed by atoms with van der Waals surface area (Å²) in [7, 11) is 0. The van der Waals surface area contributed by atoms with Crippen LogP contribution in [-0.2, 0) is 6.54 Å². The van der Waals surface area contributed by atoms with E-state index in [1.807, 2.05) is 13.0 Å². The highest BCUT2D eigenvalue weighted by atomic mass is 19.1. The molecule has 0 aliphatic carbocycles. The minimum absolute atomic E-state index is 0.138. The van der Waals surface area contributed by atoms with Gasteiger partial charge in [0.15, 0.2) is 0 Å². The zero-order chi connectivity index (χ0) is 13.8. The Morgan fingerprint density at radius 2 is 2.21 bits per heavy atom. The highest BCUT2D eigenvalue weighted by molar-refractivity contribution is 5.26. The average Bonchev–Trinajstić information content (AvgIpc) is 2.36. The first-order valence-electron chi connectivity index (χ1n) is 7.31. The molecule has 106 valence electrons. The first-order valence-corrected chi connectivity index (χ1v) is 7.31. The van der Waals surface area contributed by atoms with Crippen molar-refractivity contribution in [2.24, 2.45) is 5.92 Å². The standard InChI is InChI=1S/C16H25FN2/c1-4-18-16-7-8-19(10-13(16)3)11-14-5-6-15(17)9-12(14)2/h5-6,9,13,16,18H,4,7-8,10-11H2,1-3H3. The van der Waals surface area contributed by atoms with E-state index in [0.29, 0.717) is 12.0 Å². The molecule has 2 rings (SSSR count). The van der Waals surface area contributed by atoms with Gasteiger partial charge in [0.05, 0.1) is 0 Å². The van der Waals surface area contributed by atoms with Crippen LogP contribution in [0.25, 0.3) is 0 Å². The van der Waals surface area contributed by atoms with E-state index in [1.54, 1.807) is 12.1 Å². The summed E-state index contributed by atoms with van der Waals surface area (Å²) in [4.78, 5) is 2.48. The van der Waals surface area contributed by atoms with Gasteiger partial charge in [-0.1, -0.05) is 19.9 Å². The zero-order valence-corrected chi connectivity index (χ0v) is 12.2. The van der Waals surface area contributed by atoms with Crippen molar-refractivity contribution >= 4 is 0 Å². The van der Waals surface area contributed by atoms with Crippen molar-refractivity contribution in [2.75, 3.05) is 19.6 Å². The van der Waals surface area contributed by atoms with Crippen LogP contribution in [0.3, 0.4) is 0 Å². The van der Waals surface area contributed by atoms with Gasteiger partial charge in [0.2, 0.25) is 0 Å². The van der Waals surface area contributed by atoms with Gasteiger partial charge >= 0.3 is 0 Å². The number of rotatable bonds is 4. The normalized spacial score (nSPS) is 24.6. The molecule has 1 aromatic carbocycles. The van der Waals surface area contributed by atoms with Gasteiger partial charge in [-0.2, -0.15) is 0 Å². The molecule has 1 aliphatic rings. The van der Waals surface area contributed by atoms with E-state index >= 15 is 0 Å². The fraction of sp³-hybridized carbons (Fsp3) is 0.625. The predicted octanol–water partition coefficient (Wildman–Crippen LogP) is 2.95. The number of halogens is 1. The Bertz CT molecular complexity index is 419. The highest BCUT2D eigenvalue weighted by Gasteiger charge is 2.25. The van der Waals surface area contributed by atoms with Crippen molar-refractivity contribution in [3.8, 4) is 0 Å². The summed E-state index contributed by atoms with van der Waals surface area (Å²) >= 11 is 0. The Morgan fingerprint density at radius 3 is 2.84 bits per heavy atom. The van der Waals surface area contributed by atoms with Crippen molar-refractivity contribution in [3.05, 3.63) is 35.1 Å². The van der Waals surface area contributed by atoms with Crippen molar-refractivity contribution in [1.82, 2.24) is 10.2 Å². The van der Waals surface area contributed by atoms with Gasteiger partial charge in [0, 0.05) is 19.1 Å². The van der Waals surface area contributed by atoms with Gasteiger partial charge < -0.3 is 5.32 Å². The third-order valence-electron chi connectivity index (χ3n) is 4.15. The van der Waals surface area contributed by atoms with E-state index in [2.05, 4.69) is 24.1 Å². The first kappa shape index (κ1) is 14.5. The second-order valence-electron chi connectivity index (χ2n) is 5.74. The van der Waals surface area contributed by atoms with Crippen molar-refractivity contribution < 1.29 is 4.39 Å². The number of piperidine rings is 1. The zero-order valence-electron chi connectivity index (χ0n) is 12.2. The summed E-state index contributed by atoms with van der Waals surface area (Å²) in [6, 6.07) is 5.77. The van der Waals surface area contributed by atoms with Crippen LogP contribution in [0.2, 0.25) is 0 Å². The van der Waals surface area contributed by atoms with Crippen LogP contribution < -0.4 is 5.32 Å². The van der Waals surface area contributed by atoms with Gasteiger partial charge in [-0.05, 0) is 55.6 Å². The molecule has 1 aliphatic heterocycles. The van der Waals surface area contributed by atoms with E-state index < -0.39 is 0 Å². The summed E-state index contributed by atoms with van der Waals surface area (Å²) in [5.74, 6) is 0.537. The van der Waals surface area contributed by atoms with Crippen LogP contribution in [0.5, 0.6) is 0 Å². The van der Waals surface area contributed by atoms with Crippen LogP contribution >= 0.6 is 0 Å². The monoisotopic (exact) mass is 264 g/mol. The number of aryl methyl sites for hydroxylation is 1. The summed E-state index contributed by atoms with van der Waals surface area (Å²) in [6.07, 6.45) is 1.20. The minimum atomic E-state index is -0.138. The Labute approximate surface area is 116 Å². The van der Waals surface area contributed by atoms with E-state index in [-0.39, 0.29) is 5.82 Å². The molecule has 1 heterocycles. The molecule has 1 fully saturated rings. The molecule has 3 heteroatoms. The molecule has 0 aromatic heterocycles. The number of nitrogens with one attached hydrogen (secondary N) is 1. The largest absolute Gasteiger partial charge is 0.314 e. The molecule has 1 N–H and O–H groups in total. The van der Waals surface area contributed by atoms with E-state index in [1.165, 1.54) is 12.0 Å². The minimum Gasteiger partial charge on any atom is -0.314 e. The van der Waals surface area contributed by atoms with Crippen molar-refractivity contribution in [1.29, 1.82) is 0 Å². The number of benzene rings is 1. The third kappa shape index (κ3) is 3.77. The molecule has 2 unspecified atom stereocenters. The maximum absolute atomic E-state index is 13.1. The number of hydrogen-bond donors (Lipinski definition) is 1. The van der Waals surface area contributed by atoms with Crippen molar-refractivity contribution in [3.63, 3.8) is 0 Å². The lowest BCUT2D eigenvalue weighted by molar-refractivity contribution is 0.142. The van der Waals surface area contributed by atoms with E-state index in [9.17, 15) is 4.39 Å². The van der Waals surface area contributed by atoms with Crippen LogP contribution in [0.15, 0.2) is 18.2 Å². The molecule has 1 aromatic rings. The highest BCUT2D eigenvalue weighted by Crippen LogP contribution is 2.20. The lowest BCUT2D eigenvalue weighted by Crippen LogP contribution is -2.47. The van der Waals surface area contributed by atoms with Crippen LogP contribution in [0.4, 0.5) is 4.39 Å². The van der Waals surface area contributed by atoms with Crippen molar-refractivity contribution in [2.45, 2.75) is 39.8 Å². The summed E-state index contributed by atoms with van der Waals surface area (Å²) in [6.45, 7) is 10.7. The second kappa shape index (κ2) is 6.49. The molecule has 0 radical (unpaired) electrons. The molecule has 0 bridgehead atoms. The molecule has 0 spiro atoms. The predicted molar refractivity (Wildman–Crippen MR) is 77.7 cm³/mol. The molecular weight excluding hydrogens is 239 g/mol. The lowest BCUT2D eigenvalue weighted by atomic mass is 9.93. The number of likely N-dealkylation sites (tertiary alicyclic amines) is 1. The fourth-order valence-electron chi connectivity index (χ4n) is 3.02. The van der Waals surface area contributed by atoms with Gasteiger partial charge in [-0.25, -0.2) is 4.39 Å². The Morgan fingerprint density at radius 1 is 1.42 bits per heavy atom. The van der Waals surface area contributed by atoms with Gasteiger partial charge in [0.25, 0.3) is 0 Å². The molecule has 0 saturated carbocycles. The van der Waals surface area contributed by atoms with E-state index in [0.717, 1.165) is 31.7 Å². The second-order valence-corrected chi connectivity index (χ2v) is 5.74. The summed E-state index contributed by atoms with van der Waals surface area (Å²) < 4.78 is 13.1. The Hall–Kier alpha value is -0.930. The summed E-state index contributed by atoms with van der Waals surface area (Å²) in [5, 5.41) is 3.56. The average molecular weight is 264 g/mol. The smallest absolute Gasteiger partial charge is 0.123 e. The molecular formula is C16H25FN2. The maximum atomic E-state index is 13.1. The summed E-state index contributed by atoms with van der Waals surface area (Å²) in [5.41, 5.74) is 2.30. The molecule has 19 heavy (non-hydrogen) atoms. The van der Waals surface area contributed by atoms with E-state index in [4.69, 9.17) is 0 Å². The van der Waals surface area contributed by atoms with Crippen LogP contribution in [0.1, 0.15) is 31.4 Å². The Kier molecular flexibility index (Phi) is 4.94. The topological polar surface area (TPSA) is 15.3 Å². The maximum Gasteiger partial charge on any atom is 0.123 e. The third-order valence-corrected chi connectivity index (χ3v) is 4.15. The van der Waals surface area contributed by atoms with Gasteiger partial charge in [-0.15, -0.1) is 0 Å². The fourth-order valence-corrected chi connectivity index (χ4v) is 3.02. The Balaban J connectivity index is 1.94. The lowest BCUT2D eigenvalue weighted by Gasteiger charge is -2.37. The van der Waals surface area contributed by atoms with Crippen LogP contribution in [-0.4, -0.2) is 30.6 Å². The molecule has 2 nitrogen and oxygen atoms in total. The van der Waals surface area contributed by atoms with Gasteiger partial charge in [0.1, 0.15) is 5.82 Å². The van der Waals surface area contributed by atoms with Crippen LogP contribution in [0, 0.1) is 18.7 Å².